The number of unbranched alkanes of at least 4 members (excludes halogenated alkanes) is 4. The molecule has 32 nitrogen and oxygen atoms in total. The van der Waals surface area contributed by atoms with Crippen molar-refractivity contribution in [2.24, 2.45) is 42.3 Å². The highest BCUT2D eigenvalue weighted by atomic mass is 16.3. The maximum atomic E-state index is 13.5. The molecule has 6 heterocycles. The lowest BCUT2D eigenvalue weighted by atomic mass is 10.0. The minimum absolute atomic E-state index is 0.00147. The molecule has 10 N–H and O–H groups in total. The second-order valence-electron chi connectivity index (χ2n) is 25.7. The van der Waals surface area contributed by atoms with E-state index in [1.54, 1.807) is 86.1 Å². The fourth-order valence-electron chi connectivity index (χ4n) is 11.2. The van der Waals surface area contributed by atoms with Gasteiger partial charge in [0.25, 0.3) is 23.6 Å². The molecule has 0 radical (unpaired) electrons. The van der Waals surface area contributed by atoms with Crippen molar-refractivity contribution in [3.8, 4) is 0 Å². The largest absolute Gasteiger partial charge is 0.389 e. The number of carbonyl (C=O) groups excluding carboxylic acids is 13. The summed E-state index contributed by atoms with van der Waals surface area (Å²) in [7, 11) is 13.9. The molecule has 0 saturated heterocycles. The van der Waals surface area contributed by atoms with E-state index in [4.69, 9.17) is 5.11 Å². The zero-order chi connectivity index (χ0) is 74.9. The lowest BCUT2D eigenvalue weighted by Gasteiger charge is -2.08. The number of nitrogens with one attached hydrogen (secondary N) is 9. The van der Waals surface area contributed by atoms with Crippen LogP contribution in [-0.2, 0) is 83.9 Å². The van der Waals surface area contributed by atoms with Gasteiger partial charge < -0.3 is 79.9 Å². The summed E-state index contributed by atoms with van der Waals surface area (Å²) >= 11 is 0. The molecule has 7 rings (SSSR count). The van der Waals surface area contributed by atoms with Crippen molar-refractivity contribution in [2.45, 2.75) is 116 Å². The molecule has 0 spiro atoms. The summed E-state index contributed by atoms with van der Waals surface area (Å²) in [4.78, 5) is 181. The van der Waals surface area contributed by atoms with Crippen LogP contribution < -0.4 is 47.4 Å². The fourth-order valence-corrected chi connectivity index (χ4v) is 11.2. The van der Waals surface area contributed by atoms with E-state index in [1.165, 1.54) is 68.1 Å². The molecule has 0 atom stereocenters. The van der Waals surface area contributed by atoms with Gasteiger partial charge in [0.1, 0.15) is 18.1 Å². The monoisotopic (exact) mass is 1420 g/mol. The Kier molecular flexibility index (Phi) is 29.5. The van der Waals surface area contributed by atoms with Crippen LogP contribution in [0.5, 0.6) is 0 Å². The average molecular weight is 1420 g/mol. The molecular formula is C71H93N18O14+. The first kappa shape index (κ1) is 79.1. The normalized spacial score (nSPS) is 11.1. The molecule has 103 heavy (non-hydrogen) atoms. The van der Waals surface area contributed by atoms with Crippen LogP contribution in [0.25, 0.3) is 0 Å². The van der Waals surface area contributed by atoms with Gasteiger partial charge in [0.05, 0.1) is 37.7 Å². The van der Waals surface area contributed by atoms with Crippen LogP contribution >= 0.6 is 0 Å². The van der Waals surface area contributed by atoms with Crippen LogP contribution in [-0.4, -0.2) is 171 Å². The minimum Gasteiger partial charge on any atom is -0.389 e. The summed E-state index contributed by atoms with van der Waals surface area (Å²) in [6.07, 6.45) is 16.2. The quantitative estimate of drug-likeness (QED) is 0.0192. The van der Waals surface area contributed by atoms with Crippen molar-refractivity contribution in [3.63, 3.8) is 0 Å². The Hall–Kier alpha value is -11.3. The van der Waals surface area contributed by atoms with Crippen LogP contribution in [0.4, 0.5) is 28.8 Å². The number of aliphatic hydroxyl groups excluding tert-OH is 1. The van der Waals surface area contributed by atoms with Crippen molar-refractivity contribution >= 4 is 105 Å². The number of ketones is 5. The third-order valence-corrected chi connectivity index (χ3v) is 16.6. The summed E-state index contributed by atoms with van der Waals surface area (Å²) in [5, 5.41) is 30.2. The molecule has 1 aromatic carbocycles. The number of Topliss-reactive ketones (excluding diaryl/α,β-unsaturated/α-hetero) is 5. The van der Waals surface area contributed by atoms with Gasteiger partial charge in [0.15, 0.2) is 40.6 Å². The lowest BCUT2D eigenvalue weighted by molar-refractivity contribution is -0.858. The van der Waals surface area contributed by atoms with Gasteiger partial charge in [-0.25, -0.2) is 15.0 Å². The molecule has 0 unspecified atom stereocenters. The van der Waals surface area contributed by atoms with Crippen molar-refractivity contribution in [2.75, 3.05) is 73.5 Å². The van der Waals surface area contributed by atoms with E-state index in [2.05, 4.69) is 71.6 Å². The number of aromatic nitrogens is 9. The number of nitrogens with zero attached hydrogens (tertiary/aromatic N) is 9. The standard InChI is InChI=1S/C71H92N18O14/c1-83(2)32-14-13-17-50(91)19-15-20-55(93)52-33-45(38-84(52)3)35-56(94)53-34-46(39-85(53)4)36-57(95)65-79-58(41-87(65)6)77-63(98)22-16-29-73-69(101)54-37-49(40-86(54)5)76-70(102)66-81-60(43-89(66)8)82-71(103)67-80-59(42-88(67)7)78-64(99)28-30-72-61(96)27-31-74-68(100)47-23-25-48(26-24-47)75-62(97)21-12-10-9-11-18-51(92)44-90/h23-26,33-34,37-43,90H,9-22,27-32,35-36,44H2,1-8H3,(H,72,96)(H,73,101)(H,74,100)(H,75,97)(H,76,102)(H,77,98)(H,78,99)(H,82,103)/p+1. The molecule has 550 valence electrons. The predicted octanol–water partition coefficient (Wildman–Crippen LogP) is 3.75. The third kappa shape index (κ3) is 24.8. The summed E-state index contributed by atoms with van der Waals surface area (Å²) in [6.45, 7) is 0.649. The van der Waals surface area contributed by atoms with Gasteiger partial charge >= 0.3 is 0 Å². The Morgan fingerprint density at radius 2 is 0.864 bits per heavy atom. The van der Waals surface area contributed by atoms with Crippen molar-refractivity contribution in [1.29, 1.82) is 0 Å². The van der Waals surface area contributed by atoms with Crippen LogP contribution in [0.3, 0.4) is 0 Å². The number of aliphatic hydroxyl groups is 1. The summed E-state index contributed by atoms with van der Waals surface area (Å²) in [6, 6.07) is 11.1. The topological polar surface area (TPSA) is 411 Å². The number of carbonyl (C=O) groups is 13. The maximum absolute atomic E-state index is 13.5. The highest BCUT2D eigenvalue weighted by Gasteiger charge is 2.24. The molecule has 0 fully saturated rings. The van der Waals surface area contributed by atoms with Gasteiger partial charge in [-0.2, -0.15) is 0 Å². The SMILES string of the molecule is Cn1cc(CC(=O)c2cc(CC(=O)c3nc(NC(=O)CCCNC(=O)c4cc(NC(=O)c5nc(NC(=O)c6nc(NC(=O)CCNC(=O)CCNC(=O)c7ccc(NC(=O)CCCCCCC(=O)CO)cc7)cn6C)cn5C)cn4C)cn3C)cn2C)cc1C(=O)CCCC(=O)CCCC[NH+](C)C. The number of aryl methyl sites for hydroxylation is 6. The highest BCUT2D eigenvalue weighted by molar-refractivity contribution is 6.06. The van der Waals surface area contributed by atoms with Gasteiger partial charge in [-0.15, -0.1) is 0 Å². The number of amides is 8. The molecule has 0 aliphatic heterocycles. The third-order valence-electron chi connectivity index (χ3n) is 16.6. The molecule has 6 aromatic heterocycles. The molecule has 0 bridgehead atoms. The maximum Gasteiger partial charge on any atom is 0.292 e. The molecule has 0 saturated carbocycles. The van der Waals surface area contributed by atoms with Crippen LogP contribution in [0.2, 0.25) is 0 Å². The van der Waals surface area contributed by atoms with Crippen molar-refractivity contribution in [1.82, 2.24) is 58.3 Å². The van der Waals surface area contributed by atoms with Gasteiger partial charge in [0.2, 0.25) is 41.1 Å². The smallest absolute Gasteiger partial charge is 0.292 e. The van der Waals surface area contributed by atoms with Crippen molar-refractivity contribution < 1.29 is 72.3 Å². The van der Waals surface area contributed by atoms with E-state index in [-0.39, 0.29) is 146 Å². The molecular weight excluding hydrogens is 1330 g/mol. The van der Waals surface area contributed by atoms with Gasteiger partial charge in [0, 0.05) is 175 Å². The Balaban J connectivity index is 0.763. The Labute approximate surface area is 595 Å². The fraction of sp³-hybridized carbons (Fsp3) is 0.437. The van der Waals surface area contributed by atoms with E-state index >= 15 is 0 Å². The number of anilines is 5. The van der Waals surface area contributed by atoms with E-state index in [9.17, 15) is 62.3 Å². The molecule has 0 aliphatic rings. The predicted molar refractivity (Wildman–Crippen MR) is 381 cm³/mol. The summed E-state index contributed by atoms with van der Waals surface area (Å²) in [5.41, 5.74) is 3.38. The Bertz CT molecular complexity index is 4240. The molecule has 0 aliphatic carbocycles. The van der Waals surface area contributed by atoms with Gasteiger partial charge in [-0.3, -0.25) is 62.3 Å². The minimum atomic E-state index is -0.713. The van der Waals surface area contributed by atoms with E-state index < -0.39 is 48.0 Å². The number of benzene rings is 1. The number of quaternary nitrogens is 1. The zero-order valence-corrected chi connectivity index (χ0v) is 59.5. The molecule has 7 aromatic rings. The van der Waals surface area contributed by atoms with Crippen molar-refractivity contribution in [3.05, 3.63) is 131 Å². The summed E-state index contributed by atoms with van der Waals surface area (Å²) < 4.78 is 9.10. The first-order valence-corrected chi connectivity index (χ1v) is 34.2. The first-order valence-electron chi connectivity index (χ1n) is 34.2. The first-order chi connectivity index (χ1) is 49.1. The summed E-state index contributed by atoms with van der Waals surface area (Å²) in [5.74, 6) is -4.39. The van der Waals surface area contributed by atoms with E-state index in [0.29, 0.717) is 78.7 Å². The number of imidazole rings is 3. The number of hydrogen-bond donors (Lipinski definition) is 10. The van der Waals surface area contributed by atoms with E-state index in [0.717, 1.165) is 32.2 Å². The molecule has 8 amide bonds. The second-order valence-corrected chi connectivity index (χ2v) is 25.7. The Morgan fingerprint density at radius 3 is 1.50 bits per heavy atom. The molecule has 32 heteroatoms. The Morgan fingerprint density at radius 1 is 0.379 bits per heavy atom. The van der Waals surface area contributed by atoms with Gasteiger partial charge in [-0.05, 0) is 92.1 Å². The second kappa shape index (κ2) is 38.5. The van der Waals surface area contributed by atoms with E-state index in [1.807, 2.05) is 0 Å². The zero-order valence-electron chi connectivity index (χ0n) is 59.5. The number of rotatable bonds is 43. The lowest BCUT2D eigenvalue weighted by Crippen LogP contribution is -3.05. The van der Waals surface area contributed by atoms with Crippen LogP contribution in [0, 0.1) is 0 Å². The van der Waals surface area contributed by atoms with Gasteiger partial charge in [-0.1, -0.05) is 12.8 Å². The average Bonchev–Trinajstić information content (AvgIpc) is 1.69. The van der Waals surface area contributed by atoms with Crippen LogP contribution in [0.1, 0.15) is 188 Å². The van der Waals surface area contributed by atoms with Crippen LogP contribution in [0.15, 0.2) is 79.6 Å². The number of hydrogen-bond acceptors (Lipinski definition) is 17. The highest BCUT2D eigenvalue weighted by Crippen LogP contribution is 2.21.